The lowest BCUT2D eigenvalue weighted by Gasteiger charge is -2.04. The Morgan fingerprint density at radius 3 is 2.51 bits per heavy atom. The first kappa shape index (κ1) is 25.0. The molecule has 10 nitrogen and oxygen atoms in total. The molecule has 0 aliphatic rings. The number of hydrogen-bond acceptors (Lipinski definition) is 10. The van der Waals surface area contributed by atoms with Crippen molar-refractivity contribution in [3.63, 3.8) is 0 Å². The largest absolute Gasteiger partial charge is 0.451 e. The summed E-state index contributed by atoms with van der Waals surface area (Å²) in [5.74, 6) is -1.55. The number of non-ortho nitro benzene ring substituents is 1. The Kier molecular flexibility index (Phi) is 7.05. The van der Waals surface area contributed by atoms with E-state index in [0.717, 1.165) is 41.8 Å². The fraction of sp³-hybridized carbons (Fsp3) is 0.0500. The first-order valence-electron chi connectivity index (χ1n) is 9.36. The molecule has 15 heteroatoms. The molecule has 180 valence electrons. The molecule has 2 heterocycles. The summed E-state index contributed by atoms with van der Waals surface area (Å²) in [5.41, 5.74) is -0.253. The minimum Gasteiger partial charge on any atom is -0.451 e. The van der Waals surface area contributed by atoms with Crippen LogP contribution in [0.2, 0.25) is 10.0 Å². The Labute approximate surface area is 215 Å². The van der Waals surface area contributed by atoms with E-state index >= 15 is 0 Å². The number of aromatic nitrogens is 1. The van der Waals surface area contributed by atoms with Crippen molar-refractivity contribution < 1.29 is 27.7 Å². The number of nitro benzene ring substituents is 1. The molecule has 0 bridgehead atoms. The van der Waals surface area contributed by atoms with Gasteiger partial charge in [-0.15, -0.1) is 11.3 Å². The normalized spacial score (nSPS) is 11.4. The summed E-state index contributed by atoms with van der Waals surface area (Å²) in [6.45, 7) is -0.659. The third-order valence-corrected chi connectivity index (χ3v) is 9.48. The van der Waals surface area contributed by atoms with E-state index in [4.69, 9.17) is 27.9 Å². The molecule has 0 aliphatic carbocycles. The van der Waals surface area contributed by atoms with Crippen molar-refractivity contribution >= 4 is 88.5 Å². The monoisotopic (exact) mass is 571 g/mol. The number of halogens is 2. The molecule has 0 saturated carbocycles. The maximum Gasteiger partial charge on any atom is 0.350 e. The molecule has 0 aliphatic heterocycles. The summed E-state index contributed by atoms with van der Waals surface area (Å²) in [6, 6.07) is 9.32. The van der Waals surface area contributed by atoms with Crippen molar-refractivity contribution in [1.29, 1.82) is 0 Å². The van der Waals surface area contributed by atoms with Crippen molar-refractivity contribution in [2.75, 3.05) is 11.9 Å². The van der Waals surface area contributed by atoms with Crippen LogP contribution in [-0.4, -0.2) is 36.8 Å². The highest BCUT2D eigenvalue weighted by Gasteiger charge is 2.23. The van der Waals surface area contributed by atoms with Gasteiger partial charge in [0.1, 0.15) is 9.09 Å². The molecule has 0 radical (unpaired) electrons. The highest BCUT2D eigenvalue weighted by atomic mass is 35.5. The number of thiophene rings is 1. The van der Waals surface area contributed by atoms with Gasteiger partial charge in [0, 0.05) is 27.2 Å². The highest BCUT2D eigenvalue weighted by molar-refractivity contribution is 7.93. The van der Waals surface area contributed by atoms with Crippen LogP contribution in [0.4, 0.5) is 10.8 Å². The summed E-state index contributed by atoms with van der Waals surface area (Å²) in [6.07, 6.45) is 1.05. The SMILES string of the molecule is O=C(COC(=O)c1sc2cc(Cl)ccc2c1Cl)Nc1ncc(S(=O)(=O)c2ccc([N+](=O)[O-])cc2)s1. The van der Waals surface area contributed by atoms with Crippen LogP contribution in [0.25, 0.3) is 10.1 Å². The van der Waals surface area contributed by atoms with Crippen LogP contribution < -0.4 is 5.32 Å². The number of carbonyl (C=O) groups is 2. The zero-order valence-electron chi connectivity index (χ0n) is 17.1. The number of sulfone groups is 1. The third kappa shape index (κ3) is 5.28. The van der Waals surface area contributed by atoms with Crippen LogP contribution in [0.3, 0.4) is 0 Å². The molecule has 35 heavy (non-hydrogen) atoms. The molecular weight excluding hydrogens is 561 g/mol. The molecule has 1 N–H and O–H groups in total. The van der Waals surface area contributed by atoms with Crippen molar-refractivity contribution in [2.45, 2.75) is 9.10 Å². The zero-order valence-corrected chi connectivity index (χ0v) is 21.0. The number of hydrogen-bond donors (Lipinski definition) is 1. The number of benzene rings is 2. The Bertz CT molecular complexity index is 1580. The van der Waals surface area contributed by atoms with E-state index in [-0.39, 0.29) is 29.8 Å². The first-order chi connectivity index (χ1) is 16.6. The second-order valence-electron chi connectivity index (χ2n) is 6.75. The minimum atomic E-state index is -4.00. The highest BCUT2D eigenvalue weighted by Crippen LogP contribution is 2.37. The van der Waals surface area contributed by atoms with E-state index in [1.807, 2.05) is 0 Å². The summed E-state index contributed by atoms with van der Waals surface area (Å²) in [7, 11) is -4.00. The smallest absolute Gasteiger partial charge is 0.350 e. The number of carbonyl (C=O) groups excluding carboxylic acids is 2. The summed E-state index contributed by atoms with van der Waals surface area (Å²) in [4.78, 5) is 38.5. The average molecular weight is 572 g/mol. The number of esters is 1. The van der Waals surface area contributed by atoms with Gasteiger partial charge in [0.05, 0.1) is 21.0 Å². The number of nitrogens with one attached hydrogen (secondary N) is 1. The fourth-order valence-electron chi connectivity index (χ4n) is 2.83. The number of anilines is 1. The van der Waals surface area contributed by atoms with Crippen molar-refractivity contribution in [1.82, 2.24) is 4.98 Å². The quantitative estimate of drug-likeness (QED) is 0.181. The predicted molar refractivity (Wildman–Crippen MR) is 131 cm³/mol. The van der Waals surface area contributed by atoms with Gasteiger partial charge < -0.3 is 4.74 Å². The van der Waals surface area contributed by atoms with Gasteiger partial charge in [-0.25, -0.2) is 18.2 Å². The standard InChI is InChI=1S/C20H11Cl2N3O7S3/c21-10-1-6-13-14(7-10)33-18(17(13)22)19(27)32-9-15(26)24-20-23-8-16(34-20)35(30,31)12-4-2-11(3-5-12)25(28)29/h1-8H,9H2,(H,23,24,26). The number of ether oxygens (including phenoxy) is 1. The number of nitrogens with zero attached hydrogens (tertiary/aromatic N) is 2. The summed E-state index contributed by atoms with van der Waals surface area (Å²) in [5, 5.41) is 14.4. The summed E-state index contributed by atoms with van der Waals surface area (Å²) >= 11 is 13.9. The number of thiazole rings is 1. The average Bonchev–Trinajstić information content (AvgIpc) is 3.42. The molecule has 0 fully saturated rings. The lowest BCUT2D eigenvalue weighted by molar-refractivity contribution is -0.384. The van der Waals surface area contributed by atoms with Gasteiger partial charge in [0.2, 0.25) is 9.84 Å². The van der Waals surface area contributed by atoms with E-state index in [2.05, 4.69) is 10.3 Å². The first-order valence-corrected chi connectivity index (χ1v) is 13.2. The Morgan fingerprint density at radius 2 is 1.83 bits per heavy atom. The number of rotatable bonds is 7. The van der Waals surface area contributed by atoms with Crippen LogP contribution in [-0.2, 0) is 19.4 Å². The van der Waals surface area contributed by atoms with Gasteiger partial charge in [0.25, 0.3) is 11.6 Å². The molecule has 0 saturated heterocycles. The van der Waals surface area contributed by atoms with Crippen LogP contribution in [0.1, 0.15) is 9.67 Å². The molecule has 0 unspecified atom stereocenters. The van der Waals surface area contributed by atoms with Crippen molar-refractivity contribution in [2.24, 2.45) is 0 Å². The van der Waals surface area contributed by atoms with Gasteiger partial charge >= 0.3 is 5.97 Å². The lowest BCUT2D eigenvalue weighted by atomic mass is 10.2. The zero-order chi connectivity index (χ0) is 25.3. The van der Waals surface area contributed by atoms with E-state index in [9.17, 15) is 28.1 Å². The molecule has 2 aromatic heterocycles. The van der Waals surface area contributed by atoms with Crippen LogP contribution in [0, 0.1) is 10.1 Å². The predicted octanol–water partition coefficient (Wildman–Crippen LogP) is 5.20. The molecule has 1 amide bonds. The Hall–Kier alpha value is -3.10. The van der Waals surface area contributed by atoms with Crippen LogP contribution in [0.15, 0.2) is 57.8 Å². The number of fused-ring (bicyclic) bond motifs is 1. The third-order valence-electron chi connectivity index (χ3n) is 4.46. The molecule has 0 spiro atoms. The minimum absolute atomic E-state index is 0.0407. The molecule has 0 atom stereocenters. The van der Waals surface area contributed by atoms with Crippen LogP contribution >= 0.6 is 45.9 Å². The van der Waals surface area contributed by atoms with Gasteiger partial charge in [-0.2, -0.15) is 0 Å². The summed E-state index contributed by atoms with van der Waals surface area (Å²) < 4.78 is 30.9. The number of nitro groups is 1. The van der Waals surface area contributed by atoms with Gasteiger partial charge in [-0.1, -0.05) is 40.6 Å². The van der Waals surface area contributed by atoms with Gasteiger partial charge in [-0.3, -0.25) is 20.2 Å². The molecule has 4 rings (SSSR count). The fourth-order valence-corrected chi connectivity index (χ4v) is 6.95. The molecule has 4 aromatic rings. The number of amides is 1. The van der Waals surface area contributed by atoms with E-state index < -0.39 is 33.2 Å². The van der Waals surface area contributed by atoms with E-state index in [0.29, 0.717) is 26.4 Å². The second-order valence-corrected chi connectivity index (χ2v) is 11.8. The topological polar surface area (TPSA) is 146 Å². The van der Waals surface area contributed by atoms with Crippen LogP contribution in [0.5, 0.6) is 0 Å². The molecular formula is C20H11Cl2N3O7S3. The van der Waals surface area contributed by atoms with Gasteiger partial charge in [0.15, 0.2) is 11.7 Å². The maximum atomic E-state index is 12.7. The van der Waals surface area contributed by atoms with E-state index in [1.54, 1.807) is 18.2 Å². The Balaban J connectivity index is 1.40. The second kappa shape index (κ2) is 9.87. The van der Waals surface area contributed by atoms with Crippen molar-refractivity contribution in [3.05, 3.63) is 73.7 Å². The van der Waals surface area contributed by atoms with E-state index in [1.165, 1.54) is 0 Å². The maximum absolute atomic E-state index is 12.7. The Morgan fingerprint density at radius 1 is 1.11 bits per heavy atom. The van der Waals surface area contributed by atoms with Crippen molar-refractivity contribution in [3.8, 4) is 0 Å². The van der Waals surface area contributed by atoms with Gasteiger partial charge in [-0.05, 0) is 24.3 Å². The molecule has 2 aromatic carbocycles. The lowest BCUT2D eigenvalue weighted by Crippen LogP contribution is -2.20.